The number of carbonyl (C=O) groups is 2. The van der Waals surface area contributed by atoms with Crippen LogP contribution in [0.15, 0.2) is 0 Å². The number of phosphoric acid groups is 2. The molecule has 1 aliphatic rings. The Bertz CT molecular complexity index is 494. The van der Waals surface area contributed by atoms with Crippen molar-refractivity contribution >= 4 is 27.4 Å². The van der Waals surface area contributed by atoms with E-state index < -0.39 is 52.3 Å². The van der Waals surface area contributed by atoms with E-state index in [1.54, 1.807) is 0 Å². The van der Waals surface area contributed by atoms with Crippen molar-refractivity contribution in [3.8, 4) is 0 Å². The number of phosphoric ester groups is 1. The summed E-state index contributed by atoms with van der Waals surface area (Å²) in [6.07, 6.45) is -5.92. The Morgan fingerprint density at radius 2 is 1.80 bits per heavy atom. The van der Waals surface area contributed by atoms with Crippen LogP contribution in [0.5, 0.6) is 0 Å². The summed E-state index contributed by atoms with van der Waals surface area (Å²) in [5.74, 6) is -2.78. The second-order valence-corrected chi connectivity index (χ2v) is 6.32. The molecule has 0 spiro atoms. The summed E-state index contributed by atoms with van der Waals surface area (Å²) < 4.78 is 33.3. The number of rotatable bonds is 6. The minimum atomic E-state index is -5.43. The minimum Gasteiger partial charge on any atom is -0.449 e. The Morgan fingerprint density at radius 3 is 2.25 bits per heavy atom. The number of ether oxygens (including phenoxy) is 1. The average Bonchev–Trinajstić information content (AvgIpc) is 2.52. The third kappa shape index (κ3) is 4.42. The first kappa shape index (κ1) is 17.4. The van der Waals surface area contributed by atoms with Gasteiger partial charge in [-0.1, -0.05) is 0 Å². The third-order valence-corrected chi connectivity index (χ3v) is 4.13. The van der Waals surface area contributed by atoms with Gasteiger partial charge in [0.05, 0.1) is 6.61 Å². The van der Waals surface area contributed by atoms with Gasteiger partial charge in [0.1, 0.15) is 6.10 Å². The van der Waals surface area contributed by atoms with Crippen molar-refractivity contribution in [2.75, 3.05) is 6.61 Å². The van der Waals surface area contributed by atoms with Gasteiger partial charge in [0, 0.05) is 0 Å². The minimum absolute atomic E-state index is 0.938. The van der Waals surface area contributed by atoms with Crippen LogP contribution in [-0.2, 0) is 32.3 Å². The second kappa shape index (κ2) is 5.98. The molecule has 5 N–H and O–H groups in total. The molecule has 1 saturated heterocycles. The molecule has 0 aromatic carbocycles. The van der Waals surface area contributed by atoms with Crippen LogP contribution in [0.1, 0.15) is 0 Å². The Morgan fingerprint density at radius 1 is 1.25 bits per heavy atom. The van der Waals surface area contributed by atoms with Crippen molar-refractivity contribution < 1.29 is 57.2 Å². The Balaban J connectivity index is 2.83. The number of Topliss-reactive ketones (excluding diaryl/α,β-unsaturated/α-hetero) is 1. The zero-order chi connectivity index (χ0) is 15.7. The lowest BCUT2D eigenvalue weighted by atomic mass is 10.1. The molecule has 3 unspecified atom stereocenters. The maximum Gasteiger partial charge on any atom is 0.482 e. The van der Waals surface area contributed by atoms with Crippen molar-refractivity contribution in [3.05, 3.63) is 0 Å². The first-order chi connectivity index (χ1) is 8.97. The van der Waals surface area contributed by atoms with E-state index in [0.29, 0.717) is 0 Å². The topological polar surface area (TPSA) is 197 Å². The number of carbonyl (C=O) groups excluding carboxylic acids is 2. The number of aliphatic hydroxyl groups is 2. The Hall–Kier alpha value is -0.680. The number of hydrogen-bond donors (Lipinski definition) is 5. The van der Waals surface area contributed by atoms with Gasteiger partial charge in [-0.25, -0.2) is 13.9 Å². The van der Waals surface area contributed by atoms with Gasteiger partial charge in [-0.3, -0.25) is 9.32 Å². The van der Waals surface area contributed by atoms with Gasteiger partial charge >= 0.3 is 21.6 Å². The van der Waals surface area contributed by atoms with Gasteiger partial charge in [-0.05, 0) is 0 Å². The largest absolute Gasteiger partial charge is 0.482 e. The highest BCUT2D eigenvalue weighted by Crippen LogP contribution is 2.58. The van der Waals surface area contributed by atoms with Crippen LogP contribution in [-0.4, -0.2) is 61.6 Å². The van der Waals surface area contributed by atoms with Crippen LogP contribution in [0, 0.1) is 0 Å². The molecule has 0 bridgehead atoms. The monoisotopic (exact) mass is 336 g/mol. The van der Waals surface area contributed by atoms with Gasteiger partial charge in [0.2, 0.25) is 11.9 Å². The predicted octanol–water partition coefficient (Wildman–Crippen LogP) is -2.57. The molecule has 4 atom stereocenters. The lowest BCUT2D eigenvalue weighted by Crippen LogP contribution is -2.37. The van der Waals surface area contributed by atoms with Crippen LogP contribution in [0.3, 0.4) is 0 Å². The van der Waals surface area contributed by atoms with E-state index in [4.69, 9.17) is 24.9 Å². The SMILES string of the molecule is O=C1O[C@H](C(O)CO)C(=O)C1OP(=O)(O)OP(=O)(O)O. The Kier molecular flexibility index (Phi) is 5.19. The van der Waals surface area contributed by atoms with Gasteiger partial charge in [-0.2, -0.15) is 4.31 Å². The molecule has 0 aliphatic carbocycles. The molecule has 14 heteroatoms. The summed E-state index contributed by atoms with van der Waals surface area (Å²) in [5.41, 5.74) is 0. The molecule has 20 heavy (non-hydrogen) atoms. The molecule has 0 aromatic rings. The van der Waals surface area contributed by atoms with Crippen molar-refractivity contribution in [1.82, 2.24) is 0 Å². The average molecular weight is 336 g/mol. The fourth-order valence-corrected chi connectivity index (χ4v) is 2.94. The van der Waals surface area contributed by atoms with Gasteiger partial charge in [-0.15, -0.1) is 0 Å². The fraction of sp³-hybridized carbons (Fsp3) is 0.667. The van der Waals surface area contributed by atoms with E-state index in [9.17, 15) is 18.7 Å². The third-order valence-electron chi connectivity index (χ3n) is 1.98. The zero-order valence-electron chi connectivity index (χ0n) is 9.43. The standard InChI is InChI=1S/C6H10O12P2/c7-1-2(8)4-3(9)5(6(10)16-4)17-20(14,15)18-19(11,12)13/h2,4-5,7-8H,1H2,(H,14,15)(H2,11,12,13)/t2?,4-,5?/m1/s1. The molecule has 116 valence electrons. The number of cyclic esters (lactones) is 1. The van der Waals surface area contributed by atoms with E-state index in [0.717, 1.165) is 0 Å². The molecular formula is C6H10O12P2. The van der Waals surface area contributed by atoms with Crippen molar-refractivity contribution in [2.45, 2.75) is 18.3 Å². The lowest BCUT2D eigenvalue weighted by Gasteiger charge is -2.14. The van der Waals surface area contributed by atoms with Crippen LogP contribution in [0.25, 0.3) is 0 Å². The summed E-state index contributed by atoms with van der Waals surface area (Å²) in [5, 5.41) is 17.8. The molecule has 1 rings (SSSR count). The first-order valence-electron chi connectivity index (χ1n) is 4.78. The molecule has 0 radical (unpaired) electrons. The highest BCUT2D eigenvalue weighted by Gasteiger charge is 2.51. The van der Waals surface area contributed by atoms with E-state index in [1.165, 1.54) is 0 Å². The maximum atomic E-state index is 11.5. The summed E-state index contributed by atoms with van der Waals surface area (Å²) in [7, 11) is -10.8. The number of aliphatic hydroxyl groups excluding tert-OH is 2. The molecule has 1 fully saturated rings. The van der Waals surface area contributed by atoms with E-state index in [-0.39, 0.29) is 0 Å². The summed E-state index contributed by atoms with van der Waals surface area (Å²) in [6.45, 7) is -0.938. The molecule has 0 aromatic heterocycles. The van der Waals surface area contributed by atoms with Crippen LogP contribution >= 0.6 is 15.6 Å². The zero-order valence-corrected chi connectivity index (χ0v) is 11.2. The van der Waals surface area contributed by atoms with Crippen molar-refractivity contribution in [1.29, 1.82) is 0 Å². The van der Waals surface area contributed by atoms with Gasteiger partial charge in [0.25, 0.3) is 0 Å². The molecule has 0 amide bonds. The molecule has 1 heterocycles. The molecule has 0 saturated carbocycles. The summed E-state index contributed by atoms with van der Waals surface area (Å²) in [6, 6.07) is 0. The fourth-order valence-electron chi connectivity index (χ4n) is 1.26. The van der Waals surface area contributed by atoms with Gasteiger partial charge < -0.3 is 29.6 Å². The predicted molar refractivity (Wildman–Crippen MR) is 55.8 cm³/mol. The number of hydrogen-bond acceptors (Lipinski definition) is 9. The quantitative estimate of drug-likeness (QED) is 0.193. The summed E-state index contributed by atoms with van der Waals surface area (Å²) in [4.78, 5) is 48.4. The smallest absolute Gasteiger partial charge is 0.449 e. The number of esters is 1. The van der Waals surface area contributed by atoms with Crippen LogP contribution in [0.2, 0.25) is 0 Å². The molecule has 1 aliphatic heterocycles. The van der Waals surface area contributed by atoms with E-state index in [2.05, 4.69) is 13.6 Å². The Labute approximate surface area is 110 Å². The second-order valence-electron chi connectivity index (χ2n) is 3.54. The van der Waals surface area contributed by atoms with Crippen molar-refractivity contribution in [2.24, 2.45) is 0 Å². The maximum absolute atomic E-state index is 11.5. The van der Waals surface area contributed by atoms with Crippen molar-refractivity contribution in [3.63, 3.8) is 0 Å². The summed E-state index contributed by atoms with van der Waals surface area (Å²) >= 11 is 0. The lowest BCUT2D eigenvalue weighted by molar-refractivity contribution is -0.151. The number of ketones is 1. The van der Waals surface area contributed by atoms with E-state index in [1.807, 2.05) is 0 Å². The molecular weight excluding hydrogens is 326 g/mol. The highest BCUT2D eigenvalue weighted by atomic mass is 31.3. The highest BCUT2D eigenvalue weighted by molar-refractivity contribution is 7.60. The van der Waals surface area contributed by atoms with E-state index >= 15 is 0 Å². The van der Waals surface area contributed by atoms with Gasteiger partial charge in [0.15, 0.2) is 6.10 Å². The van der Waals surface area contributed by atoms with Crippen LogP contribution < -0.4 is 0 Å². The van der Waals surface area contributed by atoms with Crippen LogP contribution in [0.4, 0.5) is 0 Å². The first-order valence-corrected chi connectivity index (χ1v) is 7.80. The molecule has 12 nitrogen and oxygen atoms in total. The normalized spacial score (nSPS) is 28.1.